The largest absolute Gasteiger partial charge is 0.505 e. The van der Waals surface area contributed by atoms with Crippen molar-refractivity contribution < 1.29 is 24.5 Å². The summed E-state index contributed by atoms with van der Waals surface area (Å²) in [6.45, 7) is -0.660. The van der Waals surface area contributed by atoms with E-state index in [4.69, 9.17) is 9.84 Å². The van der Waals surface area contributed by atoms with Gasteiger partial charge in [-0.15, -0.1) is 0 Å². The van der Waals surface area contributed by atoms with Crippen LogP contribution >= 0.6 is 0 Å². The molecule has 0 bridgehead atoms. The Bertz CT molecular complexity index is 1080. The number of carbonyl (C=O) groups is 2. The average Bonchev–Trinajstić information content (AvgIpc) is 2.97. The number of nitrogens with zero attached hydrogens (tertiary/aromatic N) is 2. The summed E-state index contributed by atoms with van der Waals surface area (Å²) in [5.74, 6) is -2.12. The SMILES string of the molecule is COc1ccc2c(c1)cc1c(O)c(C(=O)NCC(=O)O)c(=O)n(C)n12. The number of amides is 1. The van der Waals surface area contributed by atoms with Crippen molar-refractivity contribution in [3.8, 4) is 11.5 Å². The van der Waals surface area contributed by atoms with Gasteiger partial charge in [-0.25, -0.2) is 9.20 Å². The molecule has 0 aliphatic heterocycles. The number of ether oxygens (including phenoxy) is 1. The minimum Gasteiger partial charge on any atom is -0.505 e. The van der Waals surface area contributed by atoms with Crippen molar-refractivity contribution in [1.82, 2.24) is 14.5 Å². The van der Waals surface area contributed by atoms with Gasteiger partial charge < -0.3 is 20.3 Å². The molecule has 130 valence electrons. The molecule has 0 fully saturated rings. The third kappa shape index (κ3) is 2.55. The summed E-state index contributed by atoms with van der Waals surface area (Å²) in [5.41, 5.74) is -0.374. The predicted molar refractivity (Wildman–Crippen MR) is 88.3 cm³/mol. The maximum atomic E-state index is 12.5. The Morgan fingerprint density at radius 2 is 1.96 bits per heavy atom. The lowest BCUT2D eigenvalue weighted by Gasteiger charge is -2.11. The van der Waals surface area contributed by atoms with E-state index in [0.29, 0.717) is 16.7 Å². The van der Waals surface area contributed by atoms with Crippen LogP contribution in [0.4, 0.5) is 0 Å². The smallest absolute Gasteiger partial charge is 0.322 e. The molecule has 2 heterocycles. The monoisotopic (exact) mass is 345 g/mol. The second-order valence-corrected chi connectivity index (χ2v) is 5.39. The van der Waals surface area contributed by atoms with Crippen LogP contribution < -0.4 is 15.6 Å². The number of methoxy groups -OCH3 is 1. The lowest BCUT2D eigenvalue weighted by Crippen LogP contribution is -2.36. The fourth-order valence-electron chi connectivity index (χ4n) is 2.73. The highest BCUT2D eigenvalue weighted by atomic mass is 16.5. The standard InChI is InChI=1S/C16H15N3O6/c1-18-16(24)13(15(23)17-7-12(20)21)14(22)11-6-8-5-9(25-2)3-4-10(8)19(11)18/h3-6,22H,7H2,1-2H3,(H,17,23)(H,20,21). The topological polar surface area (TPSA) is 122 Å². The number of aromatic hydroxyl groups is 1. The van der Waals surface area contributed by atoms with E-state index < -0.39 is 35.3 Å². The number of carboxylic acid groups (broad SMARTS) is 1. The first-order valence-corrected chi connectivity index (χ1v) is 7.26. The van der Waals surface area contributed by atoms with Crippen molar-refractivity contribution in [3.63, 3.8) is 0 Å². The number of fused-ring (bicyclic) bond motifs is 3. The zero-order chi connectivity index (χ0) is 18.3. The molecule has 3 rings (SSSR count). The fraction of sp³-hybridized carbons (Fsp3) is 0.188. The maximum absolute atomic E-state index is 12.5. The van der Waals surface area contributed by atoms with Gasteiger partial charge in [0.2, 0.25) is 0 Å². The molecule has 1 aromatic carbocycles. The van der Waals surface area contributed by atoms with E-state index in [0.717, 1.165) is 0 Å². The van der Waals surface area contributed by atoms with Gasteiger partial charge in [0.25, 0.3) is 11.5 Å². The van der Waals surface area contributed by atoms with E-state index in [2.05, 4.69) is 5.32 Å². The second-order valence-electron chi connectivity index (χ2n) is 5.39. The van der Waals surface area contributed by atoms with E-state index in [1.165, 1.54) is 23.4 Å². The van der Waals surface area contributed by atoms with E-state index in [9.17, 15) is 19.5 Å². The highest BCUT2D eigenvalue weighted by Crippen LogP contribution is 2.29. The quantitative estimate of drug-likeness (QED) is 0.626. The van der Waals surface area contributed by atoms with E-state index in [-0.39, 0.29) is 5.52 Å². The summed E-state index contributed by atoms with van der Waals surface area (Å²) in [6, 6.07) is 6.78. The van der Waals surface area contributed by atoms with Crippen LogP contribution in [0.1, 0.15) is 10.4 Å². The molecule has 0 unspecified atom stereocenters. The van der Waals surface area contributed by atoms with Gasteiger partial charge in [-0.2, -0.15) is 0 Å². The molecule has 2 aromatic heterocycles. The molecule has 3 N–H and O–H groups in total. The molecule has 25 heavy (non-hydrogen) atoms. The van der Waals surface area contributed by atoms with Crippen LogP contribution in [-0.4, -0.2) is 44.9 Å². The van der Waals surface area contributed by atoms with Gasteiger partial charge in [-0.3, -0.25) is 14.4 Å². The molecule has 3 aromatic rings. The molecule has 9 nitrogen and oxygen atoms in total. The number of carbonyl (C=O) groups excluding carboxylic acids is 1. The molecule has 0 aliphatic rings. The zero-order valence-electron chi connectivity index (χ0n) is 13.4. The molecular formula is C16H15N3O6. The summed E-state index contributed by atoms with van der Waals surface area (Å²) >= 11 is 0. The Kier molecular flexibility index (Phi) is 3.84. The Balaban J connectivity index is 2.28. The number of aromatic nitrogens is 2. The van der Waals surface area contributed by atoms with Gasteiger partial charge in [0.05, 0.1) is 12.6 Å². The summed E-state index contributed by atoms with van der Waals surface area (Å²) in [4.78, 5) is 35.2. The van der Waals surface area contributed by atoms with Crippen LogP contribution in [0.5, 0.6) is 11.5 Å². The minimum atomic E-state index is -1.26. The van der Waals surface area contributed by atoms with Crippen molar-refractivity contribution in [2.75, 3.05) is 13.7 Å². The van der Waals surface area contributed by atoms with Gasteiger partial charge in [-0.05, 0) is 24.3 Å². The summed E-state index contributed by atoms with van der Waals surface area (Å²) in [7, 11) is 2.97. The molecule has 9 heteroatoms. The number of aliphatic carboxylic acids is 1. The Labute approximate surface area is 140 Å². The first-order chi connectivity index (χ1) is 11.8. The molecule has 1 amide bonds. The van der Waals surface area contributed by atoms with Crippen LogP contribution in [-0.2, 0) is 11.8 Å². The minimum absolute atomic E-state index is 0.242. The van der Waals surface area contributed by atoms with Gasteiger partial charge in [0, 0.05) is 12.4 Å². The van der Waals surface area contributed by atoms with E-state index >= 15 is 0 Å². The van der Waals surface area contributed by atoms with Crippen LogP contribution in [0.25, 0.3) is 16.4 Å². The van der Waals surface area contributed by atoms with Gasteiger partial charge in [0.1, 0.15) is 23.4 Å². The summed E-state index contributed by atoms with van der Waals surface area (Å²) in [5, 5.41) is 21.9. The highest BCUT2D eigenvalue weighted by Gasteiger charge is 2.23. The normalized spacial score (nSPS) is 11.0. The number of carboxylic acids is 1. The van der Waals surface area contributed by atoms with Crippen LogP contribution in [0, 0.1) is 0 Å². The Morgan fingerprint density at radius 3 is 2.60 bits per heavy atom. The molecule has 0 atom stereocenters. The van der Waals surface area contributed by atoms with Gasteiger partial charge >= 0.3 is 5.97 Å². The van der Waals surface area contributed by atoms with Crippen LogP contribution in [0.15, 0.2) is 29.1 Å². The first kappa shape index (κ1) is 16.4. The van der Waals surface area contributed by atoms with E-state index in [1.54, 1.807) is 24.3 Å². The fourth-order valence-corrected chi connectivity index (χ4v) is 2.73. The van der Waals surface area contributed by atoms with E-state index in [1.807, 2.05) is 0 Å². The van der Waals surface area contributed by atoms with Crippen LogP contribution in [0.3, 0.4) is 0 Å². The predicted octanol–water partition coefficient (Wildman–Crippen LogP) is 0.320. The molecule has 0 saturated carbocycles. The van der Waals surface area contributed by atoms with Crippen LogP contribution in [0.2, 0.25) is 0 Å². The average molecular weight is 345 g/mol. The molecule has 0 aliphatic carbocycles. The zero-order valence-corrected chi connectivity index (χ0v) is 13.4. The molecule has 0 spiro atoms. The number of aryl methyl sites for hydroxylation is 1. The number of hydrogen-bond donors (Lipinski definition) is 3. The summed E-state index contributed by atoms with van der Waals surface area (Å²) in [6.07, 6.45) is 0. The third-order valence-corrected chi connectivity index (χ3v) is 3.90. The Morgan fingerprint density at radius 1 is 1.24 bits per heavy atom. The number of rotatable bonds is 4. The maximum Gasteiger partial charge on any atom is 0.322 e. The van der Waals surface area contributed by atoms with Crippen molar-refractivity contribution in [1.29, 1.82) is 0 Å². The van der Waals surface area contributed by atoms with Gasteiger partial charge in [-0.1, -0.05) is 0 Å². The van der Waals surface area contributed by atoms with Gasteiger partial charge in [0.15, 0.2) is 5.75 Å². The molecular weight excluding hydrogens is 330 g/mol. The molecule has 0 saturated heterocycles. The lowest BCUT2D eigenvalue weighted by atomic mass is 10.2. The number of hydrogen-bond acceptors (Lipinski definition) is 5. The van der Waals surface area contributed by atoms with Crippen molar-refractivity contribution in [3.05, 3.63) is 40.2 Å². The second kappa shape index (κ2) is 5.86. The number of benzene rings is 1. The lowest BCUT2D eigenvalue weighted by molar-refractivity contribution is -0.135. The Hall–Kier alpha value is -3.49. The first-order valence-electron chi connectivity index (χ1n) is 7.26. The molecule has 0 radical (unpaired) electrons. The number of nitrogens with one attached hydrogen (secondary N) is 1. The van der Waals surface area contributed by atoms with Crippen molar-refractivity contribution in [2.45, 2.75) is 0 Å². The summed E-state index contributed by atoms with van der Waals surface area (Å²) < 4.78 is 7.81. The highest BCUT2D eigenvalue weighted by molar-refractivity contribution is 6.01. The van der Waals surface area contributed by atoms with Crippen molar-refractivity contribution in [2.24, 2.45) is 7.05 Å². The van der Waals surface area contributed by atoms with Crippen molar-refractivity contribution >= 4 is 28.3 Å². The third-order valence-electron chi connectivity index (χ3n) is 3.90.